The molecule has 0 aliphatic heterocycles. The van der Waals surface area contributed by atoms with Crippen molar-refractivity contribution < 1.29 is 27.5 Å². The summed E-state index contributed by atoms with van der Waals surface area (Å²) in [5.41, 5.74) is 2.97. The topological polar surface area (TPSA) is 67.4 Å². The van der Waals surface area contributed by atoms with E-state index in [0.717, 1.165) is 12.1 Å². The predicted octanol–water partition coefficient (Wildman–Crippen LogP) is 3.44. The molecule has 0 saturated heterocycles. The number of alkyl halides is 3. The molecule has 0 spiro atoms. The van der Waals surface area contributed by atoms with Crippen molar-refractivity contribution in [3.8, 4) is 5.75 Å². The zero-order chi connectivity index (χ0) is 18.6. The number of carbonyl (C=O) groups excluding carboxylic acids is 2. The molecule has 9 heteroatoms. The summed E-state index contributed by atoms with van der Waals surface area (Å²) in [5.74, 6) is -1.42. The monoisotopic (exact) mass is 372 g/mol. The van der Waals surface area contributed by atoms with Crippen LogP contribution in [0.5, 0.6) is 5.75 Å². The second-order valence-corrected chi connectivity index (χ2v) is 5.27. The average molecular weight is 373 g/mol. The third-order valence-corrected chi connectivity index (χ3v) is 3.38. The summed E-state index contributed by atoms with van der Waals surface area (Å²) in [6.07, 6.45) is -4.58. The van der Waals surface area contributed by atoms with E-state index in [1.807, 2.05) is 5.43 Å². The van der Waals surface area contributed by atoms with Gasteiger partial charge in [0.2, 0.25) is 0 Å². The van der Waals surface area contributed by atoms with E-state index in [0.29, 0.717) is 6.07 Å². The molecule has 0 aromatic heterocycles. The van der Waals surface area contributed by atoms with Crippen molar-refractivity contribution in [2.24, 2.45) is 0 Å². The summed E-state index contributed by atoms with van der Waals surface area (Å²) < 4.78 is 43.0. The molecule has 2 aromatic carbocycles. The first-order chi connectivity index (χ1) is 11.7. The Kier molecular flexibility index (Phi) is 5.53. The maximum Gasteiger partial charge on any atom is 0.416 e. The number of halogens is 4. The average Bonchev–Trinajstić information content (AvgIpc) is 2.58. The molecular weight excluding hydrogens is 361 g/mol. The van der Waals surface area contributed by atoms with Crippen LogP contribution < -0.4 is 15.6 Å². The molecule has 2 aromatic rings. The van der Waals surface area contributed by atoms with Crippen LogP contribution in [0.1, 0.15) is 26.3 Å². The van der Waals surface area contributed by atoms with Crippen LogP contribution in [-0.2, 0) is 6.18 Å². The first kappa shape index (κ1) is 18.6. The lowest BCUT2D eigenvalue weighted by atomic mass is 10.1. The molecule has 0 saturated carbocycles. The highest BCUT2D eigenvalue weighted by Gasteiger charge is 2.30. The van der Waals surface area contributed by atoms with Crippen molar-refractivity contribution in [2.75, 3.05) is 7.11 Å². The highest BCUT2D eigenvalue weighted by Crippen LogP contribution is 2.29. The van der Waals surface area contributed by atoms with Gasteiger partial charge in [0.15, 0.2) is 0 Å². The molecule has 0 unspecified atom stereocenters. The number of hydrogen-bond acceptors (Lipinski definition) is 3. The lowest BCUT2D eigenvalue weighted by molar-refractivity contribution is -0.137. The number of benzene rings is 2. The molecule has 0 bridgehead atoms. The van der Waals surface area contributed by atoms with Crippen LogP contribution in [0.25, 0.3) is 0 Å². The second kappa shape index (κ2) is 7.43. The molecule has 0 radical (unpaired) electrons. The number of carbonyl (C=O) groups is 2. The van der Waals surface area contributed by atoms with E-state index in [1.165, 1.54) is 31.4 Å². The van der Waals surface area contributed by atoms with E-state index < -0.39 is 23.6 Å². The number of methoxy groups -OCH3 is 1. The molecule has 25 heavy (non-hydrogen) atoms. The summed E-state index contributed by atoms with van der Waals surface area (Å²) in [6.45, 7) is 0. The molecule has 5 nitrogen and oxygen atoms in total. The van der Waals surface area contributed by atoms with Crippen molar-refractivity contribution in [3.05, 3.63) is 64.2 Å². The van der Waals surface area contributed by atoms with E-state index in [1.54, 1.807) is 0 Å². The summed E-state index contributed by atoms with van der Waals surface area (Å²) in [6, 6.07) is 8.11. The Morgan fingerprint density at radius 3 is 2.36 bits per heavy atom. The normalized spacial score (nSPS) is 10.9. The molecule has 2 N–H and O–H groups in total. The van der Waals surface area contributed by atoms with E-state index in [9.17, 15) is 22.8 Å². The molecule has 0 fully saturated rings. The van der Waals surface area contributed by atoms with Crippen molar-refractivity contribution in [3.63, 3.8) is 0 Å². The second-order valence-electron chi connectivity index (χ2n) is 4.83. The van der Waals surface area contributed by atoms with Crippen LogP contribution in [0.3, 0.4) is 0 Å². The smallest absolute Gasteiger partial charge is 0.416 e. The van der Waals surface area contributed by atoms with Gasteiger partial charge in [-0.25, -0.2) is 0 Å². The van der Waals surface area contributed by atoms with Gasteiger partial charge in [-0.2, -0.15) is 13.2 Å². The van der Waals surface area contributed by atoms with Crippen LogP contribution >= 0.6 is 11.6 Å². The Labute approximate surface area is 145 Å². The SMILES string of the molecule is COc1ccc(Cl)cc1C(=O)NNC(=O)c1cccc(C(F)(F)F)c1. The van der Waals surface area contributed by atoms with Gasteiger partial charge >= 0.3 is 6.18 Å². The summed E-state index contributed by atoms with van der Waals surface area (Å²) >= 11 is 5.81. The maximum atomic E-state index is 12.7. The zero-order valence-electron chi connectivity index (χ0n) is 12.8. The highest BCUT2D eigenvalue weighted by molar-refractivity contribution is 6.31. The molecule has 132 valence electrons. The minimum absolute atomic E-state index is 0.0549. The van der Waals surface area contributed by atoms with Gasteiger partial charge in [0.1, 0.15) is 5.75 Å². The Balaban J connectivity index is 2.10. The van der Waals surface area contributed by atoms with Crippen LogP contribution in [0, 0.1) is 0 Å². The van der Waals surface area contributed by atoms with Crippen molar-refractivity contribution in [2.45, 2.75) is 6.18 Å². The molecule has 2 amide bonds. The van der Waals surface area contributed by atoms with Crippen molar-refractivity contribution in [1.29, 1.82) is 0 Å². The van der Waals surface area contributed by atoms with Gasteiger partial charge in [0.05, 0.1) is 18.2 Å². The third-order valence-electron chi connectivity index (χ3n) is 3.15. The van der Waals surface area contributed by atoms with Crippen LogP contribution in [0.4, 0.5) is 13.2 Å². The zero-order valence-corrected chi connectivity index (χ0v) is 13.5. The van der Waals surface area contributed by atoms with E-state index in [-0.39, 0.29) is 21.9 Å². The standard InChI is InChI=1S/C16H12ClF3N2O3/c1-25-13-6-5-11(17)8-12(13)15(24)22-21-14(23)9-3-2-4-10(7-9)16(18,19)20/h2-8H,1H3,(H,21,23)(H,22,24). The molecule has 0 aliphatic carbocycles. The van der Waals surface area contributed by atoms with E-state index in [4.69, 9.17) is 16.3 Å². The maximum absolute atomic E-state index is 12.7. The highest BCUT2D eigenvalue weighted by atomic mass is 35.5. The molecule has 2 rings (SSSR count). The Bertz CT molecular complexity index is 809. The number of hydrogen-bond donors (Lipinski definition) is 2. The van der Waals surface area contributed by atoms with Gasteiger partial charge < -0.3 is 4.74 Å². The summed E-state index contributed by atoms with van der Waals surface area (Å²) in [4.78, 5) is 24.0. The third kappa shape index (κ3) is 4.63. The lowest BCUT2D eigenvalue weighted by Gasteiger charge is -2.12. The van der Waals surface area contributed by atoms with Crippen molar-refractivity contribution >= 4 is 23.4 Å². The first-order valence-electron chi connectivity index (χ1n) is 6.84. The molecule has 0 aliphatic rings. The van der Waals surface area contributed by atoms with Crippen LogP contribution in [-0.4, -0.2) is 18.9 Å². The lowest BCUT2D eigenvalue weighted by Crippen LogP contribution is -2.41. The fraction of sp³-hybridized carbons (Fsp3) is 0.125. The minimum atomic E-state index is -4.58. The van der Waals surface area contributed by atoms with Gasteiger partial charge in [-0.1, -0.05) is 17.7 Å². The quantitative estimate of drug-likeness (QED) is 0.811. The van der Waals surface area contributed by atoms with Crippen LogP contribution in [0.15, 0.2) is 42.5 Å². The van der Waals surface area contributed by atoms with Gasteiger partial charge in [-0.3, -0.25) is 20.4 Å². The number of nitrogens with one attached hydrogen (secondary N) is 2. The fourth-order valence-electron chi connectivity index (χ4n) is 1.95. The Morgan fingerprint density at radius 1 is 1.04 bits per heavy atom. The Morgan fingerprint density at radius 2 is 1.72 bits per heavy atom. The summed E-state index contributed by atoms with van der Waals surface area (Å²) in [7, 11) is 1.35. The predicted molar refractivity (Wildman–Crippen MR) is 84.4 cm³/mol. The van der Waals surface area contributed by atoms with Gasteiger partial charge in [-0.15, -0.1) is 0 Å². The van der Waals surface area contributed by atoms with E-state index >= 15 is 0 Å². The van der Waals surface area contributed by atoms with Crippen LogP contribution in [0.2, 0.25) is 5.02 Å². The van der Waals surface area contributed by atoms with Gasteiger partial charge in [0, 0.05) is 10.6 Å². The molecule has 0 heterocycles. The van der Waals surface area contributed by atoms with E-state index in [2.05, 4.69) is 5.43 Å². The number of ether oxygens (including phenoxy) is 1. The minimum Gasteiger partial charge on any atom is -0.496 e. The number of amides is 2. The number of rotatable bonds is 3. The van der Waals surface area contributed by atoms with Gasteiger partial charge in [0.25, 0.3) is 11.8 Å². The first-order valence-corrected chi connectivity index (χ1v) is 7.21. The molecule has 0 atom stereocenters. The van der Waals surface area contributed by atoms with Gasteiger partial charge in [-0.05, 0) is 36.4 Å². The Hall–Kier alpha value is -2.74. The number of hydrazine groups is 1. The summed E-state index contributed by atoms with van der Waals surface area (Å²) in [5, 5.41) is 0.273. The fourth-order valence-corrected chi connectivity index (χ4v) is 2.12. The largest absolute Gasteiger partial charge is 0.496 e. The van der Waals surface area contributed by atoms with Crippen molar-refractivity contribution in [1.82, 2.24) is 10.9 Å². The molecular formula is C16H12ClF3N2O3.